The van der Waals surface area contributed by atoms with Gasteiger partial charge in [0.15, 0.2) is 5.82 Å². The Bertz CT molecular complexity index is 764. The predicted molar refractivity (Wildman–Crippen MR) is 102 cm³/mol. The third kappa shape index (κ3) is 4.12. The number of benzene rings is 1. The number of hydrogen-bond donors (Lipinski definition) is 2. The van der Waals surface area contributed by atoms with Crippen LogP contribution in [-0.4, -0.2) is 39.7 Å². The number of hydrogen-bond acceptors (Lipinski definition) is 6. The molecule has 0 spiro atoms. The van der Waals surface area contributed by atoms with Crippen LogP contribution < -0.4 is 15.9 Å². The fraction of sp³-hybridized carbons (Fsp3) is 0.500. The maximum atomic E-state index is 12.3. The maximum absolute atomic E-state index is 12.3. The van der Waals surface area contributed by atoms with Crippen LogP contribution in [0.3, 0.4) is 0 Å². The normalized spacial score (nSPS) is 19.9. The highest BCUT2D eigenvalue weighted by Gasteiger charge is 2.23. The number of nitrogen functional groups attached to an aromatic ring is 1. The standard InChI is InChI=1S/C18H25N5O2S/c1-12-7-3-5-9-14(12)20-16(24)11-26-18-22-21-17(23(18)19)13-8-4-6-10-15(13)25-2/h4,6,8,10,12,14H,3,5,7,9,11,19H2,1-2H3,(H,20,24). The van der Waals surface area contributed by atoms with Crippen molar-refractivity contribution in [3.8, 4) is 17.1 Å². The average Bonchev–Trinajstić information content (AvgIpc) is 3.02. The molecule has 3 rings (SSSR count). The monoisotopic (exact) mass is 375 g/mol. The van der Waals surface area contributed by atoms with Crippen molar-refractivity contribution in [2.75, 3.05) is 18.7 Å². The van der Waals surface area contributed by atoms with Gasteiger partial charge in [0.1, 0.15) is 5.75 Å². The molecular weight excluding hydrogens is 350 g/mol. The number of amides is 1. The van der Waals surface area contributed by atoms with Gasteiger partial charge in [0, 0.05) is 6.04 Å². The zero-order chi connectivity index (χ0) is 18.5. The molecule has 0 aliphatic heterocycles. The van der Waals surface area contributed by atoms with Crippen molar-refractivity contribution in [2.45, 2.75) is 43.8 Å². The Morgan fingerprint density at radius 2 is 2.12 bits per heavy atom. The summed E-state index contributed by atoms with van der Waals surface area (Å²) in [6.07, 6.45) is 4.67. The molecule has 0 bridgehead atoms. The molecule has 7 nitrogen and oxygen atoms in total. The Balaban J connectivity index is 1.62. The summed E-state index contributed by atoms with van der Waals surface area (Å²) in [4.78, 5) is 12.3. The number of carbonyl (C=O) groups is 1. The molecule has 1 aromatic heterocycles. The lowest BCUT2D eigenvalue weighted by Crippen LogP contribution is -2.41. The first-order valence-corrected chi connectivity index (χ1v) is 9.84. The molecule has 1 aromatic carbocycles. The number of ether oxygens (including phenoxy) is 1. The van der Waals surface area contributed by atoms with E-state index in [2.05, 4.69) is 22.4 Å². The van der Waals surface area contributed by atoms with Crippen LogP contribution in [0.5, 0.6) is 5.75 Å². The Morgan fingerprint density at radius 3 is 2.88 bits per heavy atom. The van der Waals surface area contributed by atoms with Gasteiger partial charge in [0.05, 0.1) is 18.4 Å². The minimum absolute atomic E-state index is 0.00981. The third-order valence-corrected chi connectivity index (χ3v) is 5.75. The van der Waals surface area contributed by atoms with E-state index < -0.39 is 0 Å². The van der Waals surface area contributed by atoms with Crippen molar-refractivity contribution in [2.24, 2.45) is 5.92 Å². The van der Waals surface area contributed by atoms with Crippen molar-refractivity contribution in [3.63, 3.8) is 0 Å². The summed E-state index contributed by atoms with van der Waals surface area (Å²) < 4.78 is 6.75. The first-order chi connectivity index (χ1) is 12.6. The van der Waals surface area contributed by atoms with Gasteiger partial charge in [-0.25, -0.2) is 4.68 Å². The average molecular weight is 375 g/mol. The van der Waals surface area contributed by atoms with Gasteiger partial charge in [-0.1, -0.05) is 43.7 Å². The van der Waals surface area contributed by atoms with Crippen LogP contribution in [0.25, 0.3) is 11.4 Å². The summed E-state index contributed by atoms with van der Waals surface area (Å²) in [6.45, 7) is 2.20. The summed E-state index contributed by atoms with van der Waals surface area (Å²) in [7, 11) is 1.60. The van der Waals surface area contributed by atoms with Gasteiger partial charge in [-0.3, -0.25) is 4.79 Å². The van der Waals surface area contributed by atoms with Gasteiger partial charge >= 0.3 is 0 Å². The molecular formula is C18H25N5O2S. The Kier molecular flexibility index (Phi) is 6.03. The largest absolute Gasteiger partial charge is 0.496 e. The molecule has 2 atom stereocenters. The molecule has 1 aliphatic carbocycles. The van der Waals surface area contributed by atoms with Crippen molar-refractivity contribution >= 4 is 17.7 Å². The smallest absolute Gasteiger partial charge is 0.230 e. The van der Waals surface area contributed by atoms with E-state index >= 15 is 0 Å². The van der Waals surface area contributed by atoms with Gasteiger partial charge in [0.25, 0.3) is 0 Å². The fourth-order valence-electron chi connectivity index (χ4n) is 3.30. The van der Waals surface area contributed by atoms with E-state index in [4.69, 9.17) is 10.6 Å². The zero-order valence-corrected chi connectivity index (χ0v) is 16.0. The molecule has 1 fully saturated rings. The highest BCUT2D eigenvalue weighted by Crippen LogP contribution is 2.29. The number of para-hydroxylation sites is 1. The molecule has 2 unspecified atom stereocenters. The lowest BCUT2D eigenvalue weighted by molar-refractivity contribution is -0.119. The van der Waals surface area contributed by atoms with Crippen LogP contribution in [0.2, 0.25) is 0 Å². The van der Waals surface area contributed by atoms with Crippen LogP contribution >= 0.6 is 11.8 Å². The van der Waals surface area contributed by atoms with E-state index in [1.54, 1.807) is 7.11 Å². The van der Waals surface area contributed by atoms with Gasteiger partial charge in [-0.05, 0) is 30.9 Å². The first-order valence-electron chi connectivity index (χ1n) is 8.86. The van der Waals surface area contributed by atoms with Crippen LogP contribution in [0.15, 0.2) is 29.4 Å². The summed E-state index contributed by atoms with van der Waals surface area (Å²) >= 11 is 1.29. The highest BCUT2D eigenvalue weighted by molar-refractivity contribution is 7.99. The molecule has 2 aromatic rings. The highest BCUT2D eigenvalue weighted by atomic mass is 32.2. The van der Waals surface area contributed by atoms with Crippen LogP contribution in [0, 0.1) is 5.92 Å². The molecule has 140 valence electrons. The van der Waals surface area contributed by atoms with E-state index in [1.165, 1.54) is 35.7 Å². The van der Waals surface area contributed by atoms with E-state index in [0.29, 0.717) is 22.6 Å². The summed E-state index contributed by atoms with van der Waals surface area (Å²) in [6, 6.07) is 7.76. The van der Waals surface area contributed by atoms with Crippen molar-refractivity contribution in [1.82, 2.24) is 20.2 Å². The number of thioether (sulfide) groups is 1. The van der Waals surface area contributed by atoms with Crippen molar-refractivity contribution < 1.29 is 9.53 Å². The second-order valence-corrected chi connectivity index (χ2v) is 7.54. The molecule has 26 heavy (non-hydrogen) atoms. The molecule has 8 heteroatoms. The SMILES string of the molecule is COc1ccccc1-c1nnc(SCC(=O)NC2CCCCC2C)n1N. The van der Waals surface area contributed by atoms with E-state index in [9.17, 15) is 4.79 Å². The lowest BCUT2D eigenvalue weighted by Gasteiger charge is -2.29. The minimum Gasteiger partial charge on any atom is -0.496 e. The summed E-state index contributed by atoms with van der Waals surface area (Å²) in [5, 5.41) is 11.9. The third-order valence-electron chi connectivity index (χ3n) is 4.80. The van der Waals surface area contributed by atoms with E-state index in [1.807, 2.05) is 24.3 Å². The molecule has 1 heterocycles. The van der Waals surface area contributed by atoms with Gasteiger partial charge < -0.3 is 15.9 Å². The quantitative estimate of drug-likeness (QED) is 0.595. The number of nitrogens with zero attached hydrogens (tertiary/aromatic N) is 3. The maximum Gasteiger partial charge on any atom is 0.230 e. The Hall–Kier alpha value is -2.22. The molecule has 1 amide bonds. The number of nitrogens with one attached hydrogen (secondary N) is 1. The van der Waals surface area contributed by atoms with Crippen LogP contribution in [-0.2, 0) is 4.79 Å². The molecule has 0 radical (unpaired) electrons. The van der Waals surface area contributed by atoms with Crippen molar-refractivity contribution in [3.05, 3.63) is 24.3 Å². The van der Waals surface area contributed by atoms with Crippen LogP contribution in [0.4, 0.5) is 0 Å². The molecule has 3 N–H and O–H groups in total. The van der Waals surface area contributed by atoms with Crippen LogP contribution in [0.1, 0.15) is 32.6 Å². The zero-order valence-electron chi connectivity index (χ0n) is 15.1. The lowest BCUT2D eigenvalue weighted by atomic mass is 9.86. The van der Waals surface area contributed by atoms with E-state index in [0.717, 1.165) is 12.0 Å². The molecule has 1 aliphatic rings. The summed E-state index contributed by atoms with van der Waals surface area (Å²) in [5.41, 5.74) is 0.761. The number of aromatic nitrogens is 3. The second kappa shape index (κ2) is 8.44. The second-order valence-electron chi connectivity index (χ2n) is 6.60. The van der Waals surface area contributed by atoms with Gasteiger partial charge in [-0.15, -0.1) is 10.2 Å². The van der Waals surface area contributed by atoms with Gasteiger partial charge in [0.2, 0.25) is 11.1 Å². The molecule has 0 saturated heterocycles. The van der Waals surface area contributed by atoms with Crippen molar-refractivity contribution in [1.29, 1.82) is 0 Å². The number of nitrogens with two attached hydrogens (primary N) is 1. The van der Waals surface area contributed by atoms with E-state index in [-0.39, 0.29) is 17.7 Å². The number of carbonyl (C=O) groups excluding carboxylic acids is 1. The Morgan fingerprint density at radius 1 is 1.35 bits per heavy atom. The fourth-order valence-corrected chi connectivity index (χ4v) is 3.97. The Labute approximate surface area is 157 Å². The molecule has 1 saturated carbocycles. The number of rotatable bonds is 6. The van der Waals surface area contributed by atoms with Gasteiger partial charge in [-0.2, -0.15) is 0 Å². The topological polar surface area (TPSA) is 95.1 Å². The summed E-state index contributed by atoms with van der Waals surface area (Å²) in [5.74, 6) is 8.13. The number of methoxy groups -OCH3 is 1. The minimum atomic E-state index is 0.00981. The predicted octanol–water partition coefficient (Wildman–Crippen LogP) is 2.45. The first kappa shape index (κ1) is 18.6.